The Morgan fingerprint density at radius 1 is 1.30 bits per heavy atom. The van der Waals surface area contributed by atoms with E-state index in [4.69, 9.17) is 0 Å². The Bertz CT molecular complexity index is 663. The van der Waals surface area contributed by atoms with Gasteiger partial charge < -0.3 is 9.88 Å². The van der Waals surface area contributed by atoms with E-state index >= 15 is 0 Å². The number of nitrogens with zero attached hydrogens (tertiary/aromatic N) is 3. The molecule has 0 fully saturated rings. The Morgan fingerprint density at radius 2 is 2.15 bits per heavy atom. The van der Waals surface area contributed by atoms with Gasteiger partial charge in [0.1, 0.15) is 0 Å². The highest BCUT2D eigenvalue weighted by Gasteiger charge is 2.14. The standard InChI is InChI=1S/C15H20N4S/c1-11(2)14(16-3)12-4-5-18(8-12)9-13-10-19-6-7-20-15(19)17-13/h4-8,10-11,14,16H,9H2,1-3H3. The van der Waals surface area contributed by atoms with Crippen LogP contribution in [0.25, 0.3) is 4.96 Å². The fourth-order valence-electron chi connectivity index (χ4n) is 2.67. The molecule has 0 aliphatic rings. The van der Waals surface area contributed by atoms with Crippen molar-refractivity contribution in [3.63, 3.8) is 0 Å². The van der Waals surface area contributed by atoms with Crippen molar-refractivity contribution in [3.05, 3.63) is 47.5 Å². The third-order valence-corrected chi connectivity index (χ3v) is 4.37. The molecule has 3 aromatic rings. The summed E-state index contributed by atoms with van der Waals surface area (Å²) >= 11 is 1.67. The number of aromatic nitrogens is 3. The summed E-state index contributed by atoms with van der Waals surface area (Å²) in [4.78, 5) is 5.68. The number of rotatable bonds is 5. The molecule has 0 spiro atoms. The third kappa shape index (κ3) is 2.51. The first-order valence-corrected chi connectivity index (χ1v) is 7.79. The molecule has 106 valence electrons. The summed E-state index contributed by atoms with van der Waals surface area (Å²) in [7, 11) is 2.02. The van der Waals surface area contributed by atoms with Crippen molar-refractivity contribution >= 4 is 16.3 Å². The largest absolute Gasteiger partial charge is 0.348 e. The fourth-order valence-corrected chi connectivity index (χ4v) is 3.38. The molecule has 0 saturated carbocycles. The van der Waals surface area contributed by atoms with Crippen LogP contribution in [-0.2, 0) is 6.54 Å². The maximum absolute atomic E-state index is 4.62. The number of nitrogens with one attached hydrogen (secondary N) is 1. The van der Waals surface area contributed by atoms with Crippen LogP contribution in [0, 0.1) is 5.92 Å². The van der Waals surface area contributed by atoms with Crippen molar-refractivity contribution in [3.8, 4) is 0 Å². The highest BCUT2D eigenvalue weighted by atomic mass is 32.1. The van der Waals surface area contributed by atoms with Gasteiger partial charge in [0.25, 0.3) is 0 Å². The van der Waals surface area contributed by atoms with E-state index < -0.39 is 0 Å². The second-order valence-electron chi connectivity index (χ2n) is 5.45. The minimum Gasteiger partial charge on any atom is -0.348 e. The Morgan fingerprint density at radius 3 is 2.85 bits per heavy atom. The van der Waals surface area contributed by atoms with Gasteiger partial charge in [0, 0.05) is 36.2 Å². The Hall–Kier alpha value is -1.59. The first-order chi connectivity index (χ1) is 9.67. The lowest BCUT2D eigenvalue weighted by atomic mass is 9.99. The number of hydrogen-bond donors (Lipinski definition) is 1. The Balaban J connectivity index is 1.78. The van der Waals surface area contributed by atoms with E-state index in [0.717, 1.165) is 17.2 Å². The van der Waals surface area contributed by atoms with Crippen molar-refractivity contribution in [2.24, 2.45) is 5.92 Å². The maximum Gasteiger partial charge on any atom is 0.193 e. The molecule has 3 aromatic heterocycles. The Labute approximate surface area is 123 Å². The summed E-state index contributed by atoms with van der Waals surface area (Å²) in [6, 6.07) is 2.60. The third-order valence-electron chi connectivity index (χ3n) is 3.60. The van der Waals surface area contributed by atoms with E-state index in [2.05, 4.69) is 63.2 Å². The van der Waals surface area contributed by atoms with Crippen molar-refractivity contribution in [2.45, 2.75) is 26.4 Å². The molecule has 0 amide bonds. The van der Waals surface area contributed by atoms with Crippen LogP contribution >= 0.6 is 11.3 Å². The van der Waals surface area contributed by atoms with Crippen molar-refractivity contribution < 1.29 is 0 Å². The number of imidazole rings is 1. The minimum atomic E-state index is 0.404. The number of fused-ring (bicyclic) bond motifs is 1. The summed E-state index contributed by atoms with van der Waals surface area (Å²) in [6.07, 6.45) is 8.50. The molecule has 1 atom stereocenters. The molecule has 0 aliphatic heterocycles. The molecule has 0 bridgehead atoms. The Kier molecular flexibility index (Phi) is 3.63. The van der Waals surface area contributed by atoms with Crippen molar-refractivity contribution in [1.29, 1.82) is 0 Å². The van der Waals surface area contributed by atoms with Gasteiger partial charge in [0.05, 0.1) is 12.2 Å². The van der Waals surface area contributed by atoms with Crippen LogP contribution in [0.15, 0.2) is 36.2 Å². The summed E-state index contributed by atoms with van der Waals surface area (Å²) in [6.45, 7) is 5.30. The van der Waals surface area contributed by atoms with Gasteiger partial charge in [-0.15, -0.1) is 11.3 Å². The summed E-state index contributed by atoms with van der Waals surface area (Å²) < 4.78 is 4.28. The topological polar surface area (TPSA) is 34.3 Å². The van der Waals surface area contributed by atoms with E-state index in [0.29, 0.717) is 12.0 Å². The second kappa shape index (κ2) is 5.42. The first-order valence-electron chi connectivity index (χ1n) is 6.91. The molecule has 0 radical (unpaired) electrons. The van der Waals surface area contributed by atoms with Gasteiger partial charge >= 0.3 is 0 Å². The van der Waals surface area contributed by atoms with Gasteiger partial charge in [-0.05, 0) is 24.6 Å². The molecule has 3 heterocycles. The van der Waals surface area contributed by atoms with Crippen LogP contribution in [0.4, 0.5) is 0 Å². The SMILES string of the molecule is CNC(c1ccn(Cc2cn3ccsc3n2)c1)C(C)C. The van der Waals surface area contributed by atoms with Crippen LogP contribution in [0.2, 0.25) is 0 Å². The van der Waals surface area contributed by atoms with Crippen LogP contribution < -0.4 is 5.32 Å². The number of hydrogen-bond acceptors (Lipinski definition) is 3. The van der Waals surface area contributed by atoms with E-state index in [1.807, 2.05) is 13.2 Å². The first kappa shape index (κ1) is 13.4. The van der Waals surface area contributed by atoms with Gasteiger partial charge in [0.15, 0.2) is 4.96 Å². The predicted octanol–water partition coefficient (Wildman–Crippen LogP) is 3.16. The van der Waals surface area contributed by atoms with Crippen LogP contribution in [0.1, 0.15) is 31.1 Å². The van der Waals surface area contributed by atoms with Gasteiger partial charge in [-0.3, -0.25) is 4.40 Å². The second-order valence-corrected chi connectivity index (χ2v) is 6.33. The molecular weight excluding hydrogens is 268 g/mol. The molecule has 4 nitrogen and oxygen atoms in total. The summed E-state index contributed by atoms with van der Waals surface area (Å²) in [5.74, 6) is 0.578. The zero-order valence-electron chi connectivity index (χ0n) is 12.1. The van der Waals surface area contributed by atoms with Gasteiger partial charge in [0.2, 0.25) is 0 Å². The molecule has 3 rings (SSSR count). The molecule has 0 aliphatic carbocycles. The van der Waals surface area contributed by atoms with Crippen LogP contribution in [-0.4, -0.2) is 21.0 Å². The van der Waals surface area contributed by atoms with E-state index in [9.17, 15) is 0 Å². The highest BCUT2D eigenvalue weighted by Crippen LogP contribution is 2.22. The molecular formula is C15H20N4S. The molecule has 0 saturated heterocycles. The van der Waals surface area contributed by atoms with Gasteiger partial charge in [-0.1, -0.05) is 13.8 Å². The molecule has 1 unspecified atom stereocenters. The monoisotopic (exact) mass is 288 g/mol. The minimum absolute atomic E-state index is 0.404. The van der Waals surface area contributed by atoms with Gasteiger partial charge in [-0.25, -0.2) is 4.98 Å². The van der Waals surface area contributed by atoms with E-state index in [1.165, 1.54) is 5.56 Å². The molecule has 1 N–H and O–H groups in total. The van der Waals surface area contributed by atoms with Crippen molar-refractivity contribution in [2.75, 3.05) is 7.05 Å². The lowest BCUT2D eigenvalue weighted by molar-refractivity contribution is 0.442. The lowest BCUT2D eigenvalue weighted by Crippen LogP contribution is -2.21. The predicted molar refractivity (Wildman–Crippen MR) is 83.2 cm³/mol. The smallest absolute Gasteiger partial charge is 0.193 e. The maximum atomic E-state index is 4.62. The van der Waals surface area contributed by atoms with E-state index in [-0.39, 0.29) is 0 Å². The van der Waals surface area contributed by atoms with E-state index in [1.54, 1.807) is 11.3 Å². The number of thiazole rings is 1. The lowest BCUT2D eigenvalue weighted by Gasteiger charge is -2.18. The molecule has 0 aromatic carbocycles. The molecule has 20 heavy (non-hydrogen) atoms. The van der Waals surface area contributed by atoms with Gasteiger partial charge in [-0.2, -0.15) is 0 Å². The summed E-state index contributed by atoms with van der Waals surface area (Å²) in [5, 5.41) is 5.44. The highest BCUT2D eigenvalue weighted by molar-refractivity contribution is 7.15. The zero-order chi connectivity index (χ0) is 14.1. The van der Waals surface area contributed by atoms with Crippen LogP contribution in [0.5, 0.6) is 0 Å². The fraction of sp³-hybridized carbons (Fsp3) is 0.400. The normalized spacial score (nSPS) is 13.4. The van der Waals surface area contributed by atoms with Crippen LogP contribution in [0.3, 0.4) is 0 Å². The van der Waals surface area contributed by atoms with Crippen molar-refractivity contribution in [1.82, 2.24) is 19.3 Å². The zero-order valence-corrected chi connectivity index (χ0v) is 12.9. The average molecular weight is 288 g/mol. The quantitative estimate of drug-likeness (QED) is 0.782. The summed E-state index contributed by atoms with van der Waals surface area (Å²) in [5.41, 5.74) is 2.44. The average Bonchev–Trinajstić information content (AvgIpc) is 3.06. The molecule has 5 heteroatoms.